The van der Waals surface area contributed by atoms with Gasteiger partial charge in [0, 0.05) is 17.8 Å². The SMILES string of the molecule is N#Cc1cccn1-c1nccc2cc3c(cc12)OCO3. The molecule has 0 fully saturated rings. The molecule has 3 aromatic rings. The lowest BCUT2D eigenvalue weighted by Crippen LogP contribution is -1.99. The number of benzene rings is 1. The molecule has 3 heterocycles. The van der Waals surface area contributed by atoms with Crippen molar-refractivity contribution >= 4 is 10.8 Å². The summed E-state index contributed by atoms with van der Waals surface area (Å²) in [7, 11) is 0. The van der Waals surface area contributed by atoms with Crippen molar-refractivity contribution in [2.24, 2.45) is 0 Å². The van der Waals surface area contributed by atoms with Gasteiger partial charge in [0.1, 0.15) is 17.6 Å². The van der Waals surface area contributed by atoms with Gasteiger partial charge in [0.25, 0.3) is 0 Å². The van der Waals surface area contributed by atoms with E-state index < -0.39 is 0 Å². The molecule has 1 aromatic carbocycles. The van der Waals surface area contributed by atoms with Gasteiger partial charge >= 0.3 is 0 Å². The summed E-state index contributed by atoms with van der Waals surface area (Å²) in [4.78, 5) is 4.40. The van der Waals surface area contributed by atoms with Crippen LogP contribution in [0.5, 0.6) is 11.5 Å². The molecule has 0 spiro atoms. The Hall–Kier alpha value is -3.00. The van der Waals surface area contributed by atoms with Gasteiger partial charge in [-0.15, -0.1) is 0 Å². The first kappa shape index (κ1) is 10.9. The Bertz CT molecular complexity index is 861. The minimum Gasteiger partial charge on any atom is -0.454 e. The Morgan fingerprint density at radius 1 is 1.20 bits per heavy atom. The highest BCUT2D eigenvalue weighted by molar-refractivity contribution is 5.91. The highest BCUT2D eigenvalue weighted by atomic mass is 16.7. The molecule has 5 nitrogen and oxygen atoms in total. The molecule has 2 aromatic heterocycles. The van der Waals surface area contributed by atoms with Gasteiger partial charge in [-0.05, 0) is 35.7 Å². The number of nitriles is 1. The van der Waals surface area contributed by atoms with E-state index in [2.05, 4.69) is 11.1 Å². The first-order chi connectivity index (χ1) is 9.86. The van der Waals surface area contributed by atoms with E-state index in [1.54, 1.807) is 16.8 Å². The lowest BCUT2D eigenvalue weighted by atomic mass is 10.1. The van der Waals surface area contributed by atoms with Crippen LogP contribution in [0, 0.1) is 11.3 Å². The molecule has 1 aliphatic heterocycles. The summed E-state index contributed by atoms with van der Waals surface area (Å²) >= 11 is 0. The molecule has 0 atom stereocenters. The molecule has 0 aliphatic carbocycles. The van der Waals surface area contributed by atoms with Crippen molar-refractivity contribution in [3.8, 4) is 23.4 Å². The zero-order valence-corrected chi connectivity index (χ0v) is 10.4. The van der Waals surface area contributed by atoms with Crippen LogP contribution in [0.15, 0.2) is 42.7 Å². The van der Waals surface area contributed by atoms with Crippen LogP contribution in [0.2, 0.25) is 0 Å². The van der Waals surface area contributed by atoms with Crippen molar-refractivity contribution in [2.45, 2.75) is 0 Å². The van der Waals surface area contributed by atoms with E-state index in [1.807, 2.05) is 30.5 Å². The number of hydrogen-bond acceptors (Lipinski definition) is 4. The molecular formula is C15H9N3O2. The summed E-state index contributed by atoms with van der Waals surface area (Å²) in [5, 5.41) is 11.1. The van der Waals surface area contributed by atoms with Gasteiger partial charge in [0.2, 0.25) is 6.79 Å². The van der Waals surface area contributed by atoms with Crippen LogP contribution in [0.3, 0.4) is 0 Å². The summed E-state index contributed by atoms with van der Waals surface area (Å²) in [6, 6.07) is 11.5. The fraction of sp³-hybridized carbons (Fsp3) is 0.0667. The molecule has 20 heavy (non-hydrogen) atoms. The second-order valence-corrected chi connectivity index (χ2v) is 4.44. The molecule has 0 radical (unpaired) electrons. The molecule has 0 bridgehead atoms. The quantitative estimate of drug-likeness (QED) is 0.677. The zero-order chi connectivity index (χ0) is 13.5. The average molecular weight is 263 g/mol. The summed E-state index contributed by atoms with van der Waals surface area (Å²) in [5.41, 5.74) is 0.544. The van der Waals surface area contributed by atoms with Crippen molar-refractivity contribution in [2.75, 3.05) is 6.79 Å². The minimum atomic E-state index is 0.237. The smallest absolute Gasteiger partial charge is 0.231 e. The van der Waals surface area contributed by atoms with Gasteiger partial charge in [-0.1, -0.05) is 0 Å². The van der Waals surface area contributed by atoms with Gasteiger partial charge in [0.15, 0.2) is 11.5 Å². The molecule has 0 unspecified atom stereocenters. The number of aromatic nitrogens is 2. The summed E-state index contributed by atoms with van der Waals surface area (Å²) in [6.45, 7) is 0.237. The standard InChI is InChI=1S/C15H9N3O2/c16-8-11-2-1-5-18(11)15-12-7-14-13(19-9-20-14)6-10(12)3-4-17-15/h1-7H,9H2. The topological polar surface area (TPSA) is 60.1 Å². The normalized spacial score (nSPS) is 12.6. The molecular weight excluding hydrogens is 254 g/mol. The van der Waals surface area contributed by atoms with E-state index in [0.29, 0.717) is 17.3 Å². The Labute approximate surface area is 114 Å². The van der Waals surface area contributed by atoms with Gasteiger partial charge in [0.05, 0.1) is 0 Å². The van der Waals surface area contributed by atoms with Gasteiger partial charge < -0.3 is 9.47 Å². The van der Waals surface area contributed by atoms with Crippen LogP contribution < -0.4 is 9.47 Å². The number of pyridine rings is 1. The van der Waals surface area contributed by atoms with E-state index in [4.69, 9.17) is 14.7 Å². The Morgan fingerprint density at radius 3 is 2.90 bits per heavy atom. The van der Waals surface area contributed by atoms with Crippen LogP contribution in [0.1, 0.15) is 5.69 Å². The second kappa shape index (κ2) is 4.00. The van der Waals surface area contributed by atoms with Crippen LogP contribution in [-0.2, 0) is 0 Å². The lowest BCUT2D eigenvalue weighted by molar-refractivity contribution is 0.174. The first-order valence-corrected chi connectivity index (χ1v) is 6.13. The fourth-order valence-electron chi connectivity index (χ4n) is 2.40. The number of nitrogens with zero attached hydrogens (tertiary/aromatic N) is 3. The van der Waals surface area contributed by atoms with Crippen molar-refractivity contribution < 1.29 is 9.47 Å². The highest BCUT2D eigenvalue weighted by Gasteiger charge is 2.17. The molecule has 0 saturated heterocycles. The Morgan fingerprint density at radius 2 is 2.05 bits per heavy atom. The van der Waals surface area contributed by atoms with Gasteiger partial charge in [-0.25, -0.2) is 4.98 Å². The van der Waals surface area contributed by atoms with Crippen molar-refractivity contribution in [1.29, 1.82) is 5.26 Å². The third-order valence-corrected chi connectivity index (χ3v) is 3.33. The molecule has 0 N–H and O–H groups in total. The van der Waals surface area contributed by atoms with Crippen LogP contribution in [0.4, 0.5) is 0 Å². The number of ether oxygens (including phenoxy) is 2. The van der Waals surface area contributed by atoms with E-state index in [0.717, 1.165) is 16.5 Å². The Balaban J connectivity index is 2.03. The minimum absolute atomic E-state index is 0.237. The van der Waals surface area contributed by atoms with Crippen molar-refractivity contribution in [1.82, 2.24) is 9.55 Å². The van der Waals surface area contributed by atoms with Crippen LogP contribution in [0.25, 0.3) is 16.6 Å². The molecule has 0 amide bonds. The van der Waals surface area contributed by atoms with E-state index in [9.17, 15) is 0 Å². The van der Waals surface area contributed by atoms with Crippen LogP contribution >= 0.6 is 0 Å². The van der Waals surface area contributed by atoms with E-state index in [1.165, 1.54) is 0 Å². The van der Waals surface area contributed by atoms with Crippen molar-refractivity contribution in [3.05, 3.63) is 48.4 Å². The molecule has 96 valence electrons. The van der Waals surface area contributed by atoms with Crippen LogP contribution in [-0.4, -0.2) is 16.3 Å². The molecule has 4 rings (SSSR count). The van der Waals surface area contributed by atoms with Gasteiger partial charge in [-0.2, -0.15) is 5.26 Å². The first-order valence-electron chi connectivity index (χ1n) is 6.13. The second-order valence-electron chi connectivity index (χ2n) is 4.44. The Kier molecular flexibility index (Phi) is 2.18. The predicted molar refractivity (Wildman–Crippen MR) is 71.9 cm³/mol. The maximum atomic E-state index is 9.15. The number of hydrogen-bond donors (Lipinski definition) is 0. The predicted octanol–water partition coefficient (Wildman–Crippen LogP) is 2.63. The third-order valence-electron chi connectivity index (χ3n) is 3.33. The molecule has 1 aliphatic rings. The maximum absolute atomic E-state index is 9.15. The van der Waals surface area contributed by atoms with E-state index >= 15 is 0 Å². The van der Waals surface area contributed by atoms with E-state index in [-0.39, 0.29) is 6.79 Å². The fourth-order valence-corrected chi connectivity index (χ4v) is 2.40. The molecule has 5 heteroatoms. The summed E-state index contributed by atoms with van der Waals surface area (Å²) in [5.74, 6) is 2.16. The monoisotopic (exact) mass is 263 g/mol. The third kappa shape index (κ3) is 1.45. The largest absolute Gasteiger partial charge is 0.454 e. The van der Waals surface area contributed by atoms with Crippen molar-refractivity contribution in [3.63, 3.8) is 0 Å². The zero-order valence-electron chi connectivity index (χ0n) is 10.4. The number of rotatable bonds is 1. The molecule has 0 saturated carbocycles. The van der Waals surface area contributed by atoms with Gasteiger partial charge in [-0.3, -0.25) is 4.57 Å². The summed E-state index contributed by atoms with van der Waals surface area (Å²) in [6.07, 6.45) is 3.55. The lowest BCUT2D eigenvalue weighted by Gasteiger charge is -2.08. The number of fused-ring (bicyclic) bond motifs is 2. The average Bonchev–Trinajstić information content (AvgIpc) is 3.12. The maximum Gasteiger partial charge on any atom is 0.231 e. The summed E-state index contributed by atoms with van der Waals surface area (Å²) < 4.78 is 12.6. The highest BCUT2D eigenvalue weighted by Crippen LogP contribution is 2.37.